The molecule has 0 spiro atoms. The average molecular weight is 228 g/mol. The lowest BCUT2D eigenvalue weighted by Crippen LogP contribution is -2.39. The third-order valence-electron chi connectivity index (χ3n) is 4.11. The highest BCUT2D eigenvalue weighted by Gasteiger charge is 2.35. The molecular weight excluding hydrogens is 208 g/mol. The van der Waals surface area contributed by atoms with Crippen LogP contribution < -0.4 is 0 Å². The van der Waals surface area contributed by atoms with E-state index in [1.807, 2.05) is 0 Å². The maximum absolute atomic E-state index is 9.57. The van der Waals surface area contributed by atoms with E-state index in [1.54, 1.807) is 0 Å². The molecule has 1 saturated heterocycles. The topological polar surface area (TPSA) is 27.0 Å². The van der Waals surface area contributed by atoms with E-state index in [-0.39, 0.29) is 5.41 Å². The minimum Gasteiger partial charge on any atom is -0.306 e. The van der Waals surface area contributed by atoms with Crippen molar-refractivity contribution in [2.75, 3.05) is 20.1 Å². The molecule has 0 unspecified atom stereocenters. The molecule has 0 bridgehead atoms. The first-order valence-corrected chi connectivity index (χ1v) is 6.25. The molecule has 17 heavy (non-hydrogen) atoms. The summed E-state index contributed by atoms with van der Waals surface area (Å²) in [6.45, 7) is 6.27. The number of rotatable bonds is 1. The Bertz CT molecular complexity index is 448. The van der Waals surface area contributed by atoms with Gasteiger partial charge in [-0.1, -0.05) is 18.2 Å². The van der Waals surface area contributed by atoms with Crippen LogP contribution in [-0.2, 0) is 5.41 Å². The van der Waals surface area contributed by atoms with Crippen LogP contribution in [0, 0.1) is 25.2 Å². The van der Waals surface area contributed by atoms with Crippen molar-refractivity contribution in [3.63, 3.8) is 0 Å². The van der Waals surface area contributed by atoms with Crippen molar-refractivity contribution in [2.24, 2.45) is 0 Å². The van der Waals surface area contributed by atoms with Crippen molar-refractivity contribution in [1.29, 1.82) is 5.26 Å². The number of piperidine rings is 1. The zero-order valence-electron chi connectivity index (χ0n) is 11.0. The highest BCUT2D eigenvalue weighted by atomic mass is 15.1. The summed E-state index contributed by atoms with van der Waals surface area (Å²) in [5.41, 5.74) is 3.53. The molecule has 0 aliphatic carbocycles. The van der Waals surface area contributed by atoms with Crippen molar-refractivity contribution in [1.82, 2.24) is 4.90 Å². The van der Waals surface area contributed by atoms with Gasteiger partial charge in [-0.2, -0.15) is 5.26 Å². The second-order valence-corrected chi connectivity index (χ2v) is 5.30. The lowest BCUT2D eigenvalue weighted by atomic mass is 9.73. The molecule has 2 heteroatoms. The van der Waals surface area contributed by atoms with Crippen LogP contribution in [0.25, 0.3) is 0 Å². The summed E-state index contributed by atoms with van der Waals surface area (Å²) in [6.07, 6.45) is 1.89. The third kappa shape index (κ3) is 2.21. The molecule has 0 atom stereocenters. The minimum atomic E-state index is -0.259. The molecule has 1 aromatic rings. The van der Waals surface area contributed by atoms with E-state index in [2.05, 4.69) is 50.1 Å². The van der Waals surface area contributed by atoms with Gasteiger partial charge in [-0.05, 0) is 63.5 Å². The van der Waals surface area contributed by atoms with Gasteiger partial charge >= 0.3 is 0 Å². The van der Waals surface area contributed by atoms with Crippen molar-refractivity contribution in [2.45, 2.75) is 32.1 Å². The highest BCUT2D eigenvalue weighted by Crippen LogP contribution is 2.35. The van der Waals surface area contributed by atoms with Crippen LogP contribution in [0.1, 0.15) is 29.5 Å². The smallest absolute Gasteiger partial charge is 0.0846 e. The number of nitriles is 1. The molecule has 0 aromatic heterocycles. The van der Waals surface area contributed by atoms with Gasteiger partial charge in [-0.3, -0.25) is 0 Å². The quantitative estimate of drug-likeness (QED) is 0.739. The van der Waals surface area contributed by atoms with E-state index in [9.17, 15) is 5.26 Å². The SMILES string of the molecule is Cc1ccc(C2(C#N)CCN(C)CC2)cc1C. The number of aryl methyl sites for hydroxylation is 2. The predicted molar refractivity (Wildman–Crippen MR) is 69.9 cm³/mol. The second-order valence-electron chi connectivity index (χ2n) is 5.30. The number of hydrogen-bond donors (Lipinski definition) is 0. The Labute approximate surface area is 104 Å². The largest absolute Gasteiger partial charge is 0.306 e. The first kappa shape index (κ1) is 12.1. The number of benzene rings is 1. The minimum absolute atomic E-state index is 0.259. The normalized spacial score (nSPS) is 19.9. The van der Waals surface area contributed by atoms with Crippen molar-refractivity contribution < 1.29 is 0 Å². The van der Waals surface area contributed by atoms with E-state index < -0.39 is 0 Å². The lowest BCUT2D eigenvalue weighted by molar-refractivity contribution is 0.222. The fraction of sp³-hybridized carbons (Fsp3) is 0.533. The van der Waals surface area contributed by atoms with Gasteiger partial charge < -0.3 is 4.90 Å². The van der Waals surface area contributed by atoms with E-state index in [0.29, 0.717) is 0 Å². The van der Waals surface area contributed by atoms with Crippen LogP contribution >= 0.6 is 0 Å². The van der Waals surface area contributed by atoms with Gasteiger partial charge in [-0.25, -0.2) is 0 Å². The lowest BCUT2D eigenvalue weighted by Gasteiger charge is -2.36. The van der Waals surface area contributed by atoms with Gasteiger partial charge in [0.2, 0.25) is 0 Å². The molecular formula is C15H20N2. The van der Waals surface area contributed by atoms with Crippen LogP contribution in [0.5, 0.6) is 0 Å². The van der Waals surface area contributed by atoms with Crippen molar-refractivity contribution in [3.8, 4) is 6.07 Å². The van der Waals surface area contributed by atoms with Crippen LogP contribution in [0.15, 0.2) is 18.2 Å². The summed E-state index contributed by atoms with van der Waals surface area (Å²) in [7, 11) is 2.13. The van der Waals surface area contributed by atoms with E-state index in [0.717, 1.165) is 25.9 Å². The molecule has 1 aliphatic rings. The third-order valence-corrected chi connectivity index (χ3v) is 4.11. The highest BCUT2D eigenvalue weighted by molar-refractivity contribution is 5.39. The molecule has 1 fully saturated rings. The molecule has 2 nitrogen and oxygen atoms in total. The summed E-state index contributed by atoms with van der Waals surface area (Å²) >= 11 is 0. The van der Waals surface area contributed by atoms with Gasteiger partial charge in [0.05, 0.1) is 11.5 Å². The second kappa shape index (κ2) is 4.50. The molecule has 1 heterocycles. The monoisotopic (exact) mass is 228 g/mol. The van der Waals surface area contributed by atoms with E-state index in [4.69, 9.17) is 0 Å². The maximum atomic E-state index is 9.57. The standard InChI is InChI=1S/C15H20N2/c1-12-4-5-14(10-13(12)2)15(11-16)6-8-17(3)9-7-15/h4-5,10H,6-9H2,1-3H3. The van der Waals surface area contributed by atoms with Gasteiger partial charge in [-0.15, -0.1) is 0 Å². The molecule has 1 aromatic carbocycles. The Kier molecular flexibility index (Phi) is 3.22. The number of nitrogens with zero attached hydrogens (tertiary/aromatic N) is 2. The van der Waals surface area contributed by atoms with Crippen LogP contribution in [-0.4, -0.2) is 25.0 Å². The first-order valence-electron chi connectivity index (χ1n) is 6.25. The van der Waals surface area contributed by atoms with Crippen LogP contribution in [0.2, 0.25) is 0 Å². The maximum Gasteiger partial charge on any atom is 0.0846 e. The fourth-order valence-electron chi connectivity index (χ4n) is 2.50. The summed E-state index contributed by atoms with van der Waals surface area (Å²) < 4.78 is 0. The number of hydrogen-bond acceptors (Lipinski definition) is 2. The van der Waals surface area contributed by atoms with E-state index >= 15 is 0 Å². The molecule has 0 N–H and O–H groups in total. The zero-order valence-corrected chi connectivity index (χ0v) is 11.0. The van der Waals surface area contributed by atoms with Gasteiger partial charge in [0, 0.05) is 0 Å². The van der Waals surface area contributed by atoms with Gasteiger partial charge in [0.15, 0.2) is 0 Å². The van der Waals surface area contributed by atoms with Gasteiger partial charge in [0.25, 0.3) is 0 Å². The van der Waals surface area contributed by atoms with Crippen molar-refractivity contribution in [3.05, 3.63) is 34.9 Å². The summed E-state index contributed by atoms with van der Waals surface area (Å²) in [5.74, 6) is 0. The molecule has 1 aliphatic heterocycles. The Hall–Kier alpha value is -1.33. The van der Waals surface area contributed by atoms with Crippen LogP contribution in [0.4, 0.5) is 0 Å². The zero-order chi connectivity index (χ0) is 12.5. The molecule has 90 valence electrons. The van der Waals surface area contributed by atoms with Crippen LogP contribution in [0.3, 0.4) is 0 Å². The first-order chi connectivity index (χ1) is 8.07. The summed E-state index contributed by atoms with van der Waals surface area (Å²) in [6, 6.07) is 9.05. The fourth-order valence-corrected chi connectivity index (χ4v) is 2.50. The average Bonchev–Trinajstić information content (AvgIpc) is 2.34. The van der Waals surface area contributed by atoms with E-state index in [1.165, 1.54) is 16.7 Å². The summed E-state index contributed by atoms with van der Waals surface area (Å²) in [5, 5.41) is 9.57. The predicted octanol–water partition coefficient (Wildman–Crippen LogP) is 2.79. The summed E-state index contributed by atoms with van der Waals surface area (Å²) in [4.78, 5) is 2.30. The van der Waals surface area contributed by atoms with Crippen molar-refractivity contribution >= 4 is 0 Å². The molecule has 0 amide bonds. The molecule has 0 radical (unpaired) electrons. The number of likely N-dealkylation sites (tertiary alicyclic amines) is 1. The molecule has 2 rings (SSSR count). The Morgan fingerprint density at radius 3 is 2.35 bits per heavy atom. The Balaban J connectivity index is 2.35. The Morgan fingerprint density at radius 1 is 1.18 bits per heavy atom. The molecule has 0 saturated carbocycles. The van der Waals surface area contributed by atoms with Gasteiger partial charge in [0.1, 0.15) is 0 Å². The Morgan fingerprint density at radius 2 is 1.82 bits per heavy atom.